The van der Waals surface area contributed by atoms with Crippen LogP contribution in [0.1, 0.15) is 48.5 Å². The van der Waals surface area contributed by atoms with E-state index in [1.165, 1.54) is 6.07 Å². The van der Waals surface area contributed by atoms with Crippen molar-refractivity contribution >= 4 is 23.6 Å². The van der Waals surface area contributed by atoms with E-state index in [9.17, 15) is 19.5 Å². The number of phenolic OH excluding ortho intramolecular Hbond substituents is 1. The van der Waals surface area contributed by atoms with Crippen LogP contribution in [0.3, 0.4) is 0 Å². The van der Waals surface area contributed by atoms with E-state index >= 15 is 0 Å². The normalized spacial score (nSPS) is 19.0. The van der Waals surface area contributed by atoms with Gasteiger partial charge in [-0.2, -0.15) is 0 Å². The average molecular weight is 494 g/mol. The molecule has 2 aromatic carbocycles. The molecule has 0 aliphatic carbocycles. The van der Waals surface area contributed by atoms with Gasteiger partial charge in [0.1, 0.15) is 24.2 Å². The number of ether oxygens (including phenoxy) is 2. The summed E-state index contributed by atoms with van der Waals surface area (Å²) in [5.41, 5.74) is 2.08. The summed E-state index contributed by atoms with van der Waals surface area (Å²) in [4.78, 5) is 42.4. The molecular weight excluding hydrogens is 462 g/mol. The highest BCUT2D eigenvalue weighted by molar-refractivity contribution is 5.97. The van der Waals surface area contributed by atoms with Crippen molar-refractivity contribution in [2.75, 3.05) is 31.1 Å². The largest absolute Gasteiger partial charge is 0.507 e. The minimum absolute atomic E-state index is 0.0350. The fourth-order valence-electron chi connectivity index (χ4n) is 5.27. The molecular formula is C27H31N3O6. The maximum Gasteiger partial charge on any atom is 0.414 e. The van der Waals surface area contributed by atoms with Gasteiger partial charge < -0.3 is 24.4 Å². The smallest absolute Gasteiger partial charge is 0.414 e. The molecule has 9 nitrogen and oxygen atoms in total. The molecule has 3 aliphatic rings. The van der Waals surface area contributed by atoms with Crippen molar-refractivity contribution in [3.8, 4) is 11.5 Å². The lowest BCUT2D eigenvalue weighted by Crippen LogP contribution is -2.50. The molecule has 9 heteroatoms. The molecule has 0 unspecified atom stereocenters. The number of hydrogen-bond donors (Lipinski definition) is 1. The number of rotatable bonds is 4. The number of amides is 3. The van der Waals surface area contributed by atoms with E-state index < -0.39 is 0 Å². The van der Waals surface area contributed by atoms with E-state index in [1.54, 1.807) is 33.8 Å². The first-order valence-corrected chi connectivity index (χ1v) is 12.5. The lowest BCUT2D eigenvalue weighted by Gasteiger charge is -2.40. The van der Waals surface area contributed by atoms with Gasteiger partial charge in [0.05, 0.1) is 11.3 Å². The summed E-state index contributed by atoms with van der Waals surface area (Å²) in [6, 6.07) is 12.5. The number of hydrogen-bond acceptors (Lipinski definition) is 6. The second-order valence-electron chi connectivity index (χ2n) is 9.58. The third-order valence-electron chi connectivity index (χ3n) is 7.31. The third kappa shape index (κ3) is 4.82. The number of nitrogens with zero attached hydrogens (tertiary/aromatic N) is 3. The molecule has 190 valence electrons. The summed E-state index contributed by atoms with van der Waals surface area (Å²) in [7, 11) is 0. The Bertz CT molecular complexity index is 1150. The number of likely N-dealkylation sites (tertiary alicyclic amines) is 2. The van der Waals surface area contributed by atoms with E-state index in [2.05, 4.69) is 0 Å². The topological polar surface area (TPSA) is 99.6 Å². The summed E-state index contributed by atoms with van der Waals surface area (Å²) in [6.07, 6.45) is 2.31. The van der Waals surface area contributed by atoms with Gasteiger partial charge in [0, 0.05) is 63.6 Å². The standard InChI is InChI=1S/C27H31N3O6/c1-18(31)28-14-10-21(11-15-28)36-22-6-7-23(25(32)16-22)26(33)29-12-8-20(9-13-29)30-24-5-3-2-4-19(24)17-35-27(30)34/h2-7,16,20-21,32H,8-15,17H2,1H3. The molecule has 5 rings (SSSR count). The minimum Gasteiger partial charge on any atom is -0.507 e. The van der Waals surface area contributed by atoms with Crippen molar-refractivity contribution in [2.24, 2.45) is 0 Å². The molecule has 0 bridgehead atoms. The Morgan fingerprint density at radius 1 is 0.972 bits per heavy atom. The number of fused-ring (bicyclic) bond motifs is 1. The molecule has 36 heavy (non-hydrogen) atoms. The fraction of sp³-hybridized carbons (Fsp3) is 0.444. The number of para-hydroxylation sites is 1. The zero-order chi connectivity index (χ0) is 25.2. The molecule has 3 heterocycles. The van der Waals surface area contributed by atoms with Crippen LogP contribution in [-0.2, 0) is 16.1 Å². The van der Waals surface area contributed by atoms with Crippen molar-refractivity contribution < 1.29 is 29.0 Å². The van der Waals surface area contributed by atoms with E-state index in [0.29, 0.717) is 44.8 Å². The Balaban J connectivity index is 1.19. The summed E-state index contributed by atoms with van der Waals surface area (Å²) >= 11 is 0. The van der Waals surface area contributed by atoms with Gasteiger partial charge in [0.2, 0.25) is 5.91 Å². The van der Waals surface area contributed by atoms with E-state index in [1.807, 2.05) is 24.3 Å². The van der Waals surface area contributed by atoms with Crippen LogP contribution in [0.5, 0.6) is 11.5 Å². The van der Waals surface area contributed by atoms with Gasteiger partial charge in [-0.15, -0.1) is 0 Å². The molecule has 2 aromatic rings. The number of carbonyl (C=O) groups is 3. The molecule has 0 saturated carbocycles. The molecule has 0 aromatic heterocycles. The number of aromatic hydroxyl groups is 1. The monoisotopic (exact) mass is 493 g/mol. The van der Waals surface area contributed by atoms with Crippen molar-refractivity contribution in [3.63, 3.8) is 0 Å². The number of benzene rings is 2. The lowest BCUT2D eigenvalue weighted by molar-refractivity contribution is -0.130. The molecule has 1 N–H and O–H groups in total. The van der Waals surface area contributed by atoms with Gasteiger partial charge in [-0.1, -0.05) is 18.2 Å². The van der Waals surface area contributed by atoms with Crippen molar-refractivity contribution in [2.45, 2.75) is 51.4 Å². The highest BCUT2D eigenvalue weighted by Gasteiger charge is 2.35. The van der Waals surface area contributed by atoms with Gasteiger partial charge in [-0.25, -0.2) is 4.79 Å². The van der Waals surface area contributed by atoms with Crippen molar-refractivity contribution in [3.05, 3.63) is 53.6 Å². The maximum absolute atomic E-state index is 13.1. The van der Waals surface area contributed by atoms with Gasteiger partial charge in [-0.3, -0.25) is 14.5 Å². The van der Waals surface area contributed by atoms with Crippen LogP contribution in [0.2, 0.25) is 0 Å². The Morgan fingerprint density at radius 3 is 2.36 bits per heavy atom. The maximum atomic E-state index is 13.1. The molecule has 2 saturated heterocycles. The van der Waals surface area contributed by atoms with Crippen molar-refractivity contribution in [1.82, 2.24) is 9.80 Å². The van der Waals surface area contributed by atoms with Crippen LogP contribution < -0.4 is 9.64 Å². The first kappa shape index (κ1) is 24.0. The predicted octanol–water partition coefficient (Wildman–Crippen LogP) is 3.54. The molecule has 0 radical (unpaired) electrons. The van der Waals surface area contributed by atoms with Crippen LogP contribution in [0.4, 0.5) is 10.5 Å². The Hall–Kier alpha value is -3.75. The van der Waals surface area contributed by atoms with Gasteiger partial charge in [0.25, 0.3) is 5.91 Å². The van der Waals surface area contributed by atoms with E-state index in [4.69, 9.17) is 9.47 Å². The van der Waals surface area contributed by atoms with E-state index in [0.717, 1.165) is 24.1 Å². The summed E-state index contributed by atoms with van der Waals surface area (Å²) < 4.78 is 11.3. The number of phenols is 1. The second kappa shape index (κ2) is 10.1. The van der Waals surface area contributed by atoms with Gasteiger partial charge in [-0.05, 0) is 31.0 Å². The summed E-state index contributed by atoms with van der Waals surface area (Å²) in [5, 5.41) is 10.6. The molecule has 2 fully saturated rings. The SMILES string of the molecule is CC(=O)N1CCC(Oc2ccc(C(=O)N3CCC(N4C(=O)OCc5ccccc54)CC3)c(O)c2)CC1. The summed E-state index contributed by atoms with van der Waals surface area (Å²) in [6.45, 7) is 4.10. The van der Waals surface area contributed by atoms with Crippen molar-refractivity contribution in [1.29, 1.82) is 0 Å². The predicted molar refractivity (Wildman–Crippen MR) is 132 cm³/mol. The molecule has 3 amide bonds. The highest BCUT2D eigenvalue weighted by atomic mass is 16.6. The van der Waals surface area contributed by atoms with Crippen LogP contribution in [0.15, 0.2) is 42.5 Å². The molecule has 0 spiro atoms. The molecule has 0 atom stereocenters. The zero-order valence-corrected chi connectivity index (χ0v) is 20.4. The number of piperidine rings is 2. The quantitative estimate of drug-likeness (QED) is 0.700. The fourth-order valence-corrected chi connectivity index (χ4v) is 5.27. The van der Waals surface area contributed by atoms with E-state index in [-0.39, 0.29) is 48.0 Å². The zero-order valence-electron chi connectivity index (χ0n) is 20.4. The highest BCUT2D eigenvalue weighted by Crippen LogP contribution is 2.33. The number of anilines is 1. The van der Waals surface area contributed by atoms with Gasteiger partial charge >= 0.3 is 6.09 Å². The van der Waals surface area contributed by atoms with Crippen LogP contribution in [0, 0.1) is 0 Å². The number of cyclic esters (lactones) is 1. The average Bonchev–Trinajstić information content (AvgIpc) is 2.89. The Labute approximate surface area is 210 Å². The molecule has 3 aliphatic heterocycles. The van der Waals surface area contributed by atoms with Crippen LogP contribution in [-0.4, -0.2) is 71.1 Å². The third-order valence-corrected chi connectivity index (χ3v) is 7.31. The first-order valence-electron chi connectivity index (χ1n) is 12.5. The Morgan fingerprint density at radius 2 is 1.67 bits per heavy atom. The van der Waals surface area contributed by atoms with Crippen LogP contribution >= 0.6 is 0 Å². The minimum atomic E-state index is -0.348. The lowest BCUT2D eigenvalue weighted by atomic mass is 10.00. The van der Waals surface area contributed by atoms with Gasteiger partial charge in [0.15, 0.2) is 0 Å². The van der Waals surface area contributed by atoms with Crippen LogP contribution in [0.25, 0.3) is 0 Å². The number of carbonyl (C=O) groups excluding carboxylic acids is 3. The first-order chi connectivity index (χ1) is 17.4. The summed E-state index contributed by atoms with van der Waals surface area (Å²) in [5.74, 6) is 0.216. The Kier molecular flexibility index (Phi) is 6.71. The second-order valence-corrected chi connectivity index (χ2v) is 9.58.